The fourth-order valence-electron chi connectivity index (χ4n) is 2.25. The number of amides is 1. The molecule has 0 saturated carbocycles. The van der Waals surface area contributed by atoms with Gasteiger partial charge in [0.15, 0.2) is 0 Å². The van der Waals surface area contributed by atoms with E-state index in [9.17, 15) is 9.18 Å². The van der Waals surface area contributed by atoms with Crippen LogP contribution in [-0.2, 0) is 4.79 Å². The second-order valence-corrected chi connectivity index (χ2v) is 5.28. The molecule has 0 aromatic heterocycles. The molecule has 1 aromatic carbocycles. The van der Waals surface area contributed by atoms with Crippen molar-refractivity contribution in [3.05, 3.63) is 42.2 Å². The average molecular weight is 304 g/mol. The van der Waals surface area contributed by atoms with Crippen molar-refractivity contribution in [3.8, 4) is 0 Å². The Morgan fingerprint density at radius 3 is 2.55 bits per heavy atom. The van der Waals surface area contributed by atoms with Crippen molar-refractivity contribution in [2.75, 3.05) is 37.6 Å². The molecule has 1 aliphatic rings. The van der Waals surface area contributed by atoms with Gasteiger partial charge in [-0.1, -0.05) is 6.58 Å². The van der Waals surface area contributed by atoms with Crippen molar-refractivity contribution in [1.82, 2.24) is 10.3 Å². The zero-order valence-electron chi connectivity index (χ0n) is 12.8. The van der Waals surface area contributed by atoms with Crippen molar-refractivity contribution in [3.63, 3.8) is 0 Å². The first-order valence-electron chi connectivity index (χ1n) is 7.26. The van der Waals surface area contributed by atoms with Crippen LogP contribution in [0.2, 0.25) is 0 Å². The number of allylic oxidation sites excluding steroid dienone is 1. The van der Waals surface area contributed by atoms with Gasteiger partial charge in [0.1, 0.15) is 12.4 Å². The summed E-state index contributed by atoms with van der Waals surface area (Å²) in [5, 5.41) is 3.91. The number of hydrogen-bond donors (Lipinski definition) is 1. The van der Waals surface area contributed by atoms with Crippen molar-refractivity contribution < 1.29 is 9.18 Å². The number of hydrazone groups is 1. The van der Waals surface area contributed by atoms with E-state index in [4.69, 9.17) is 0 Å². The molecular formula is C16H21FN4O. The van der Waals surface area contributed by atoms with Crippen LogP contribution in [0.4, 0.5) is 10.1 Å². The number of nitrogens with one attached hydrogen (secondary N) is 1. The van der Waals surface area contributed by atoms with Crippen LogP contribution in [0.15, 0.2) is 41.5 Å². The Hall–Kier alpha value is -2.37. The summed E-state index contributed by atoms with van der Waals surface area (Å²) in [4.78, 5) is 16.0. The Kier molecular flexibility index (Phi) is 5.52. The van der Waals surface area contributed by atoms with Gasteiger partial charge in [-0.2, -0.15) is 5.10 Å². The number of halogens is 1. The molecule has 1 aliphatic heterocycles. The molecule has 1 fully saturated rings. The minimum Gasteiger partial charge on any atom is -0.368 e. The van der Waals surface area contributed by atoms with Gasteiger partial charge in [-0.05, 0) is 36.8 Å². The summed E-state index contributed by atoms with van der Waals surface area (Å²) in [6.07, 6.45) is 1.58. The standard InChI is InChI=1S/C16H21FN4O/c1-13(2)11-18-19-12-16(22)21-9-7-20(8-10-21)15-5-3-14(17)4-6-15/h3-6,11,19H,1,7-10,12H2,2H3/b18-11-. The number of benzene rings is 1. The molecule has 0 aliphatic carbocycles. The van der Waals surface area contributed by atoms with E-state index in [1.807, 2.05) is 11.8 Å². The number of carbonyl (C=O) groups is 1. The molecule has 118 valence electrons. The zero-order valence-corrected chi connectivity index (χ0v) is 12.8. The van der Waals surface area contributed by atoms with Gasteiger partial charge in [-0.3, -0.25) is 4.79 Å². The second-order valence-electron chi connectivity index (χ2n) is 5.28. The number of hydrogen-bond acceptors (Lipinski definition) is 4. The summed E-state index contributed by atoms with van der Waals surface area (Å²) in [7, 11) is 0. The van der Waals surface area contributed by atoms with Gasteiger partial charge in [0.05, 0.1) is 0 Å². The summed E-state index contributed by atoms with van der Waals surface area (Å²) in [6.45, 7) is 8.50. The lowest BCUT2D eigenvalue weighted by Crippen LogP contribution is -2.50. The minimum absolute atomic E-state index is 0.0256. The van der Waals surface area contributed by atoms with Gasteiger partial charge < -0.3 is 15.2 Å². The van der Waals surface area contributed by atoms with Crippen LogP contribution < -0.4 is 10.3 Å². The van der Waals surface area contributed by atoms with Crippen LogP contribution in [-0.4, -0.2) is 49.7 Å². The Labute approximate surface area is 130 Å². The third kappa shape index (κ3) is 4.58. The molecule has 22 heavy (non-hydrogen) atoms. The normalized spacial score (nSPS) is 15.2. The van der Waals surface area contributed by atoms with Gasteiger partial charge in [0.2, 0.25) is 5.91 Å². The summed E-state index contributed by atoms with van der Waals surface area (Å²) in [5.74, 6) is -0.212. The van der Waals surface area contributed by atoms with Gasteiger partial charge in [0.25, 0.3) is 0 Å². The van der Waals surface area contributed by atoms with E-state index in [1.54, 1.807) is 18.3 Å². The molecular weight excluding hydrogens is 283 g/mol. The van der Waals surface area contributed by atoms with Crippen molar-refractivity contribution in [2.24, 2.45) is 5.10 Å². The molecule has 0 spiro atoms. The molecule has 1 N–H and O–H groups in total. The Bertz CT molecular complexity index is 548. The summed E-state index contributed by atoms with van der Waals surface area (Å²) < 4.78 is 12.9. The fraction of sp³-hybridized carbons (Fsp3) is 0.375. The van der Waals surface area contributed by atoms with E-state index in [0.29, 0.717) is 13.1 Å². The molecule has 1 amide bonds. The van der Waals surface area contributed by atoms with E-state index < -0.39 is 0 Å². The third-order valence-corrected chi connectivity index (χ3v) is 3.43. The molecule has 0 bridgehead atoms. The minimum atomic E-state index is -0.237. The van der Waals surface area contributed by atoms with Crippen LogP contribution in [0, 0.1) is 5.82 Å². The molecule has 5 nitrogen and oxygen atoms in total. The van der Waals surface area contributed by atoms with Gasteiger partial charge in [0, 0.05) is 38.1 Å². The third-order valence-electron chi connectivity index (χ3n) is 3.43. The van der Waals surface area contributed by atoms with Crippen molar-refractivity contribution >= 4 is 17.8 Å². The average Bonchev–Trinajstić information content (AvgIpc) is 2.52. The highest BCUT2D eigenvalue weighted by molar-refractivity contribution is 5.79. The number of carbonyl (C=O) groups excluding carboxylic acids is 1. The lowest BCUT2D eigenvalue weighted by atomic mass is 10.2. The first-order chi connectivity index (χ1) is 10.6. The van der Waals surface area contributed by atoms with Crippen LogP contribution in [0.25, 0.3) is 0 Å². The van der Waals surface area contributed by atoms with Crippen LogP contribution in [0.5, 0.6) is 0 Å². The maximum absolute atomic E-state index is 12.9. The summed E-state index contributed by atoms with van der Waals surface area (Å²) >= 11 is 0. The summed E-state index contributed by atoms with van der Waals surface area (Å²) in [6, 6.07) is 6.44. The molecule has 1 saturated heterocycles. The highest BCUT2D eigenvalue weighted by Gasteiger charge is 2.20. The highest BCUT2D eigenvalue weighted by Crippen LogP contribution is 2.16. The molecule has 0 atom stereocenters. The molecule has 2 rings (SSSR count). The SMILES string of the molecule is C=C(C)/C=N\NCC(=O)N1CCN(c2ccc(F)cc2)CC1. The number of piperazine rings is 1. The largest absolute Gasteiger partial charge is 0.368 e. The van der Waals surface area contributed by atoms with E-state index in [-0.39, 0.29) is 18.3 Å². The number of anilines is 1. The quantitative estimate of drug-likeness (QED) is 0.664. The lowest BCUT2D eigenvalue weighted by Gasteiger charge is -2.36. The maximum Gasteiger partial charge on any atom is 0.243 e. The fourth-order valence-corrected chi connectivity index (χ4v) is 2.25. The molecule has 1 heterocycles. The Morgan fingerprint density at radius 2 is 1.95 bits per heavy atom. The molecule has 1 aromatic rings. The van der Waals surface area contributed by atoms with Crippen LogP contribution >= 0.6 is 0 Å². The Balaban J connectivity index is 1.77. The van der Waals surface area contributed by atoms with E-state index in [0.717, 1.165) is 24.4 Å². The predicted octanol–water partition coefficient (Wildman–Crippen LogP) is 1.63. The van der Waals surface area contributed by atoms with Gasteiger partial charge >= 0.3 is 0 Å². The van der Waals surface area contributed by atoms with Crippen molar-refractivity contribution in [2.45, 2.75) is 6.92 Å². The van der Waals surface area contributed by atoms with Gasteiger partial charge in [-0.15, -0.1) is 0 Å². The molecule has 6 heteroatoms. The van der Waals surface area contributed by atoms with Crippen LogP contribution in [0.3, 0.4) is 0 Å². The smallest absolute Gasteiger partial charge is 0.243 e. The lowest BCUT2D eigenvalue weighted by molar-refractivity contribution is -0.130. The monoisotopic (exact) mass is 304 g/mol. The Morgan fingerprint density at radius 1 is 1.32 bits per heavy atom. The van der Waals surface area contributed by atoms with Crippen LogP contribution in [0.1, 0.15) is 6.92 Å². The second kappa shape index (κ2) is 7.59. The topological polar surface area (TPSA) is 47.9 Å². The predicted molar refractivity (Wildman–Crippen MR) is 86.5 cm³/mol. The van der Waals surface area contributed by atoms with Crippen molar-refractivity contribution in [1.29, 1.82) is 0 Å². The first kappa shape index (κ1) is 16.0. The van der Waals surface area contributed by atoms with E-state index in [2.05, 4.69) is 22.0 Å². The molecule has 0 unspecified atom stereocenters. The zero-order chi connectivity index (χ0) is 15.9. The molecule has 0 radical (unpaired) electrons. The highest BCUT2D eigenvalue weighted by atomic mass is 19.1. The first-order valence-corrected chi connectivity index (χ1v) is 7.26. The summed E-state index contributed by atoms with van der Waals surface area (Å²) in [5.41, 5.74) is 4.54. The number of nitrogens with zero attached hydrogens (tertiary/aromatic N) is 3. The maximum atomic E-state index is 12.9. The van der Waals surface area contributed by atoms with E-state index in [1.165, 1.54) is 12.1 Å². The van der Waals surface area contributed by atoms with Gasteiger partial charge in [-0.25, -0.2) is 4.39 Å². The van der Waals surface area contributed by atoms with E-state index >= 15 is 0 Å². The number of rotatable bonds is 5.